The average molecular weight is 401 g/mol. The number of ether oxygens (including phenoxy) is 4. The highest BCUT2D eigenvalue weighted by Gasteiger charge is 2.19. The minimum atomic E-state index is -0.918. The summed E-state index contributed by atoms with van der Waals surface area (Å²) >= 11 is 0. The molecule has 1 atom stereocenters. The molecule has 0 aliphatic heterocycles. The highest BCUT2D eigenvalue weighted by molar-refractivity contribution is 5.84. The summed E-state index contributed by atoms with van der Waals surface area (Å²) in [4.78, 5) is 24.5. The van der Waals surface area contributed by atoms with Crippen molar-refractivity contribution in [2.75, 3.05) is 21.3 Å². The molecular weight excluding hydrogens is 374 g/mol. The van der Waals surface area contributed by atoms with Crippen molar-refractivity contribution in [3.63, 3.8) is 0 Å². The van der Waals surface area contributed by atoms with E-state index in [2.05, 4.69) is 5.32 Å². The fraction of sp³-hybridized carbons (Fsp3) is 0.364. The normalized spacial score (nSPS) is 11.3. The Balaban J connectivity index is 1.90. The number of nitrogens with one attached hydrogen (secondary N) is 1. The number of hydrogen-bond donors (Lipinski definition) is 1. The second kappa shape index (κ2) is 10.4. The summed E-state index contributed by atoms with van der Waals surface area (Å²) in [6, 6.07) is 10.9. The number of carbonyl (C=O) groups is 2. The molecule has 7 nitrogen and oxygen atoms in total. The predicted octanol–water partition coefficient (Wildman–Crippen LogP) is 2.81. The number of rotatable bonds is 9. The number of hydrogen-bond acceptors (Lipinski definition) is 6. The van der Waals surface area contributed by atoms with E-state index < -0.39 is 12.1 Å². The molecule has 0 aromatic heterocycles. The number of carbonyl (C=O) groups excluding carboxylic acids is 2. The summed E-state index contributed by atoms with van der Waals surface area (Å²) in [5.41, 5.74) is 2.56. The van der Waals surface area contributed by atoms with Gasteiger partial charge in [0.2, 0.25) is 0 Å². The Morgan fingerprint density at radius 3 is 2.24 bits per heavy atom. The first-order chi connectivity index (χ1) is 13.9. The summed E-state index contributed by atoms with van der Waals surface area (Å²) in [5.74, 6) is 0.910. The summed E-state index contributed by atoms with van der Waals surface area (Å²) in [6.07, 6.45) is -0.892. The SMILES string of the molecule is COc1ccc(C)cc1CC(=O)O[C@H](C)C(=O)NCc1ccc(OC)c(OC)c1. The van der Waals surface area contributed by atoms with Gasteiger partial charge in [-0.1, -0.05) is 23.8 Å². The van der Waals surface area contributed by atoms with E-state index in [-0.39, 0.29) is 18.9 Å². The highest BCUT2D eigenvalue weighted by Crippen LogP contribution is 2.27. The van der Waals surface area contributed by atoms with Crippen molar-refractivity contribution in [3.8, 4) is 17.2 Å². The van der Waals surface area contributed by atoms with Crippen LogP contribution in [0.1, 0.15) is 23.6 Å². The molecule has 7 heteroatoms. The van der Waals surface area contributed by atoms with Gasteiger partial charge in [0, 0.05) is 12.1 Å². The zero-order valence-electron chi connectivity index (χ0n) is 17.4. The molecule has 2 rings (SSSR count). The Morgan fingerprint density at radius 2 is 1.59 bits per heavy atom. The number of amides is 1. The smallest absolute Gasteiger partial charge is 0.311 e. The molecule has 1 amide bonds. The summed E-state index contributed by atoms with van der Waals surface area (Å²) in [6.45, 7) is 3.74. The van der Waals surface area contributed by atoms with Crippen LogP contribution < -0.4 is 19.5 Å². The molecule has 2 aromatic rings. The molecule has 0 spiro atoms. The van der Waals surface area contributed by atoms with Gasteiger partial charge in [0.25, 0.3) is 5.91 Å². The van der Waals surface area contributed by atoms with Crippen LogP contribution in [0, 0.1) is 6.92 Å². The van der Waals surface area contributed by atoms with Gasteiger partial charge in [-0.15, -0.1) is 0 Å². The van der Waals surface area contributed by atoms with Crippen molar-refractivity contribution in [2.45, 2.75) is 32.9 Å². The van der Waals surface area contributed by atoms with Crippen molar-refractivity contribution in [1.82, 2.24) is 5.32 Å². The lowest BCUT2D eigenvalue weighted by Gasteiger charge is -2.15. The Labute approximate surface area is 170 Å². The highest BCUT2D eigenvalue weighted by atomic mass is 16.5. The maximum Gasteiger partial charge on any atom is 0.311 e. The number of aryl methyl sites for hydroxylation is 1. The molecule has 156 valence electrons. The fourth-order valence-corrected chi connectivity index (χ4v) is 2.82. The maximum atomic E-state index is 12.3. The topological polar surface area (TPSA) is 83.1 Å². The monoisotopic (exact) mass is 401 g/mol. The lowest BCUT2D eigenvalue weighted by Crippen LogP contribution is -2.35. The van der Waals surface area contributed by atoms with Gasteiger partial charge in [0.1, 0.15) is 5.75 Å². The summed E-state index contributed by atoms with van der Waals surface area (Å²) in [7, 11) is 4.65. The molecule has 0 saturated heterocycles. The summed E-state index contributed by atoms with van der Waals surface area (Å²) < 4.78 is 21.0. The van der Waals surface area contributed by atoms with Crippen molar-refractivity contribution in [3.05, 3.63) is 53.1 Å². The second-order valence-corrected chi connectivity index (χ2v) is 6.53. The van der Waals surface area contributed by atoms with Gasteiger partial charge >= 0.3 is 5.97 Å². The maximum absolute atomic E-state index is 12.3. The van der Waals surface area contributed by atoms with Crippen molar-refractivity contribution in [1.29, 1.82) is 0 Å². The van der Waals surface area contributed by atoms with E-state index in [1.54, 1.807) is 39.5 Å². The minimum absolute atomic E-state index is 0.0259. The zero-order chi connectivity index (χ0) is 21.4. The number of methoxy groups -OCH3 is 3. The van der Waals surface area contributed by atoms with Gasteiger partial charge in [-0.25, -0.2) is 0 Å². The van der Waals surface area contributed by atoms with E-state index in [0.717, 1.165) is 16.7 Å². The van der Waals surface area contributed by atoms with Gasteiger partial charge in [-0.05, 0) is 37.6 Å². The Kier molecular flexibility index (Phi) is 7.88. The molecule has 0 fully saturated rings. The van der Waals surface area contributed by atoms with E-state index in [1.807, 2.05) is 25.1 Å². The minimum Gasteiger partial charge on any atom is -0.496 e. The molecule has 29 heavy (non-hydrogen) atoms. The molecule has 0 unspecified atom stereocenters. The van der Waals surface area contributed by atoms with Gasteiger partial charge in [-0.3, -0.25) is 9.59 Å². The number of benzene rings is 2. The van der Waals surface area contributed by atoms with Crippen LogP contribution in [-0.2, 0) is 27.3 Å². The summed E-state index contributed by atoms with van der Waals surface area (Å²) in [5, 5.41) is 2.75. The van der Waals surface area contributed by atoms with Crippen LogP contribution in [0.4, 0.5) is 0 Å². The number of esters is 1. The molecule has 2 aromatic carbocycles. The predicted molar refractivity (Wildman–Crippen MR) is 108 cm³/mol. The van der Waals surface area contributed by atoms with Gasteiger partial charge < -0.3 is 24.3 Å². The zero-order valence-corrected chi connectivity index (χ0v) is 17.4. The molecule has 0 aliphatic rings. The third kappa shape index (κ3) is 6.14. The second-order valence-electron chi connectivity index (χ2n) is 6.53. The molecular formula is C22H27NO6. The van der Waals surface area contributed by atoms with E-state index in [9.17, 15) is 9.59 Å². The van der Waals surface area contributed by atoms with Crippen LogP contribution >= 0.6 is 0 Å². The van der Waals surface area contributed by atoms with Crippen LogP contribution in [0.25, 0.3) is 0 Å². The quantitative estimate of drug-likeness (QED) is 0.651. The van der Waals surface area contributed by atoms with Crippen LogP contribution in [0.2, 0.25) is 0 Å². The first-order valence-electron chi connectivity index (χ1n) is 9.19. The average Bonchev–Trinajstić information content (AvgIpc) is 2.71. The fourth-order valence-electron chi connectivity index (χ4n) is 2.82. The van der Waals surface area contributed by atoms with E-state index >= 15 is 0 Å². The van der Waals surface area contributed by atoms with E-state index in [4.69, 9.17) is 18.9 Å². The standard InChI is InChI=1S/C22H27NO6/c1-14-6-8-18(26-3)17(10-14)12-21(24)29-15(2)22(25)23-13-16-7-9-19(27-4)20(11-16)28-5/h6-11,15H,12-13H2,1-5H3,(H,23,25)/t15-/m1/s1. The molecule has 1 N–H and O–H groups in total. The third-order valence-corrected chi connectivity index (χ3v) is 4.36. The van der Waals surface area contributed by atoms with Gasteiger partial charge in [0.05, 0.1) is 27.8 Å². The van der Waals surface area contributed by atoms with E-state index in [0.29, 0.717) is 17.2 Å². The molecule has 0 heterocycles. The Morgan fingerprint density at radius 1 is 0.931 bits per heavy atom. The Bertz CT molecular complexity index is 864. The van der Waals surface area contributed by atoms with Crippen LogP contribution in [0.15, 0.2) is 36.4 Å². The van der Waals surface area contributed by atoms with Crippen LogP contribution in [-0.4, -0.2) is 39.3 Å². The third-order valence-electron chi connectivity index (χ3n) is 4.36. The first kappa shape index (κ1) is 22.1. The molecule has 0 saturated carbocycles. The lowest BCUT2D eigenvalue weighted by atomic mass is 10.1. The van der Waals surface area contributed by atoms with Crippen molar-refractivity contribution < 1.29 is 28.5 Å². The molecule has 0 radical (unpaired) electrons. The van der Waals surface area contributed by atoms with Gasteiger partial charge in [0.15, 0.2) is 17.6 Å². The largest absolute Gasteiger partial charge is 0.496 e. The van der Waals surface area contributed by atoms with Crippen molar-refractivity contribution >= 4 is 11.9 Å². The van der Waals surface area contributed by atoms with Crippen molar-refractivity contribution in [2.24, 2.45) is 0 Å². The molecule has 0 aliphatic carbocycles. The lowest BCUT2D eigenvalue weighted by molar-refractivity contribution is -0.154. The Hall–Kier alpha value is -3.22. The molecule has 0 bridgehead atoms. The van der Waals surface area contributed by atoms with Crippen LogP contribution in [0.5, 0.6) is 17.2 Å². The van der Waals surface area contributed by atoms with Gasteiger partial charge in [-0.2, -0.15) is 0 Å². The first-order valence-corrected chi connectivity index (χ1v) is 9.19. The van der Waals surface area contributed by atoms with E-state index in [1.165, 1.54) is 6.92 Å². The van der Waals surface area contributed by atoms with Crippen LogP contribution in [0.3, 0.4) is 0 Å².